The van der Waals surface area contributed by atoms with Gasteiger partial charge in [0.05, 0.1) is 5.69 Å². The average molecular weight is 278 g/mol. The lowest BCUT2D eigenvalue weighted by Gasteiger charge is -2.20. The van der Waals surface area contributed by atoms with Gasteiger partial charge in [-0.05, 0) is 34.6 Å². The fraction of sp³-hybridized carbons (Fsp3) is 0.667. The summed E-state index contributed by atoms with van der Waals surface area (Å²) in [4.78, 5) is 11.9. The molecule has 0 unspecified atom stereocenters. The molecule has 0 spiro atoms. The molecule has 19 heavy (non-hydrogen) atoms. The lowest BCUT2D eigenvalue weighted by Crippen LogP contribution is -2.25. The molecule has 0 aliphatic carbocycles. The van der Waals surface area contributed by atoms with E-state index < -0.39 is 29.0 Å². The van der Waals surface area contributed by atoms with Crippen LogP contribution >= 0.6 is 0 Å². The summed E-state index contributed by atoms with van der Waals surface area (Å²) < 4.78 is 44.8. The van der Waals surface area contributed by atoms with Gasteiger partial charge in [-0.15, -0.1) is 0 Å². The predicted octanol–water partition coefficient (Wildman–Crippen LogP) is 3.19. The van der Waals surface area contributed by atoms with E-state index in [4.69, 9.17) is 4.74 Å². The van der Waals surface area contributed by atoms with E-state index in [-0.39, 0.29) is 12.2 Å². The Kier molecular flexibility index (Phi) is 3.97. The first-order valence-electron chi connectivity index (χ1n) is 5.85. The van der Waals surface area contributed by atoms with Crippen LogP contribution in [0, 0.1) is 6.92 Å². The molecule has 0 saturated heterocycles. The molecule has 0 amide bonds. The van der Waals surface area contributed by atoms with Gasteiger partial charge in [-0.1, -0.05) is 0 Å². The van der Waals surface area contributed by atoms with Crippen molar-refractivity contribution < 1.29 is 22.7 Å². The van der Waals surface area contributed by atoms with Gasteiger partial charge in [0.1, 0.15) is 11.2 Å². The van der Waals surface area contributed by atoms with Crippen molar-refractivity contribution in [2.75, 3.05) is 0 Å². The second-order valence-corrected chi connectivity index (χ2v) is 5.12. The fourth-order valence-corrected chi connectivity index (χ4v) is 1.63. The van der Waals surface area contributed by atoms with Crippen LogP contribution in [0.3, 0.4) is 0 Å². The van der Waals surface area contributed by atoms with Crippen molar-refractivity contribution in [2.24, 2.45) is 0 Å². The molecule has 0 aliphatic rings. The number of hydrogen-bond donors (Lipinski definition) is 0. The number of carbonyl (C=O) groups excluding carboxylic acids is 1. The third kappa shape index (κ3) is 3.48. The second-order valence-electron chi connectivity index (χ2n) is 5.12. The Labute approximate surface area is 109 Å². The predicted molar refractivity (Wildman–Crippen MR) is 62.8 cm³/mol. The average Bonchev–Trinajstić information content (AvgIpc) is 2.52. The molecule has 0 fully saturated rings. The molecule has 0 aliphatic heterocycles. The molecule has 108 valence electrons. The molecule has 0 saturated carbocycles. The fourth-order valence-electron chi connectivity index (χ4n) is 1.63. The Hall–Kier alpha value is -1.53. The zero-order chi connectivity index (χ0) is 15.0. The summed E-state index contributed by atoms with van der Waals surface area (Å²) in [5.74, 6) is -1.00. The van der Waals surface area contributed by atoms with Gasteiger partial charge in [-0.3, -0.25) is 4.68 Å². The van der Waals surface area contributed by atoms with E-state index in [1.807, 2.05) is 0 Å². The lowest BCUT2D eigenvalue weighted by molar-refractivity contribution is -0.142. The topological polar surface area (TPSA) is 44.1 Å². The number of carbonyl (C=O) groups is 1. The van der Waals surface area contributed by atoms with E-state index in [0.717, 1.165) is 4.68 Å². The number of hydrogen-bond acceptors (Lipinski definition) is 3. The minimum Gasteiger partial charge on any atom is -0.456 e. The number of aromatic nitrogens is 2. The van der Waals surface area contributed by atoms with Gasteiger partial charge in [0.2, 0.25) is 0 Å². The van der Waals surface area contributed by atoms with Crippen molar-refractivity contribution in [1.82, 2.24) is 9.78 Å². The molecule has 1 aromatic rings. The van der Waals surface area contributed by atoms with Gasteiger partial charge in [0.15, 0.2) is 5.69 Å². The standard InChI is InChI=1S/C12H17F3N2O2/c1-6-17-7(2)8(9(16-17)12(13,14)15)10(18)19-11(3,4)5/h6H2,1-5H3. The summed E-state index contributed by atoms with van der Waals surface area (Å²) in [6, 6.07) is 0. The SMILES string of the molecule is CCn1nc(C(F)(F)F)c(C(=O)OC(C)(C)C)c1C. The number of ether oxygens (including phenoxy) is 1. The zero-order valence-electron chi connectivity index (χ0n) is 11.6. The maximum Gasteiger partial charge on any atom is 0.436 e. The number of esters is 1. The van der Waals surface area contributed by atoms with Gasteiger partial charge in [0.25, 0.3) is 0 Å². The van der Waals surface area contributed by atoms with Gasteiger partial charge in [0, 0.05) is 6.54 Å². The molecule has 0 atom stereocenters. The van der Waals surface area contributed by atoms with Crippen LogP contribution in [0.2, 0.25) is 0 Å². The summed E-state index contributed by atoms with van der Waals surface area (Å²) in [6.07, 6.45) is -4.68. The number of nitrogens with zero attached hydrogens (tertiary/aromatic N) is 2. The minimum absolute atomic E-state index is 0.157. The molecular formula is C12H17F3N2O2. The van der Waals surface area contributed by atoms with Gasteiger partial charge >= 0.3 is 12.1 Å². The highest BCUT2D eigenvalue weighted by Gasteiger charge is 2.41. The van der Waals surface area contributed by atoms with Crippen molar-refractivity contribution >= 4 is 5.97 Å². The molecule has 1 rings (SSSR count). The van der Waals surface area contributed by atoms with Crippen molar-refractivity contribution in [3.63, 3.8) is 0 Å². The van der Waals surface area contributed by atoms with E-state index in [2.05, 4.69) is 5.10 Å². The molecule has 1 aromatic heterocycles. The highest BCUT2D eigenvalue weighted by atomic mass is 19.4. The maximum atomic E-state index is 12.9. The first-order chi connectivity index (χ1) is 8.47. The molecule has 1 heterocycles. The summed E-state index contributed by atoms with van der Waals surface area (Å²) >= 11 is 0. The van der Waals surface area contributed by atoms with Crippen LogP contribution in [0.15, 0.2) is 0 Å². The third-order valence-corrected chi connectivity index (χ3v) is 2.38. The first-order valence-corrected chi connectivity index (χ1v) is 5.85. The number of halogens is 3. The van der Waals surface area contributed by atoms with Crippen LogP contribution < -0.4 is 0 Å². The molecule has 4 nitrogen and oxygen atoms in total. The molecule has 7 heteroatoms. The van der Waals surface area contributed by atoms with E-state index in [0.29, 0.717) is 0 Å². The van der Waals surface area contributed by atoms with Crippen molar-refractivity contribution in [3.8, 4) is 0 Å². The minimum atomic E-state index is -4.68. The van der Waals surface area contributed by atoms with Gasteiger partial charge in [-0.25, -0.2) is 4.79 Å². The molecular weight excluding hydrogens is 261 g/mol. The van der Waals surface area contributed by atoms with E-state index in [9.17, 15) is 18.0 Å². The summed E-state index contributed by atoms with van der Waals surface area (Å²) in [6.45, 7) is 8.11. The Morgan fingerprint density at radius 2 is 1.84 bits per heavy atom. The second kappa shape index (κ2) is 4.86. The zero-order valence-corrected chi connectivity index (χ0v) is 11.6. The van der Waals surface area contributed by atoms with Gasteiger partial charge in [-0.2, -0.15) is 18.3 Å². The smallest absolute Gasteiger partial charge is 0.436 e. The molecule has 0 N–H and O–H groups in total. The monoisotopic (exact) mass is 278 g/mol. The quantitative estimate of drug-likeness (QED) is 0.780. The van der Waals surface area contributed by atoms with Crippen LogP contribution in [0.1, 0.15) is 49.4 Å². The van der Waals surface area contributed by atoms with Crippen LogP contribution in [-0.2, 0) is 17.5 Å². The summed E-state index contributed by atoms with van der Waals surface area (Å²) in [5.41, 5.74) is -2.41. The highest BCUT2D eigenvalue weighted by Crippen LogP contribution is 2.33. The molecule has 0 bridgehead atoms. The van der Waals surface area contributed by atoms with Crippen LogP contribution in [0.5, 0.6) is 0 Å². The van der Waals surface area contributed by atoms with Crippen LogP contribution in [0.25, 0.3) is 0 Å². The lowest BCUT2D eigenvalue weighted by atomic mass is 10.1. The van der Waals surface area contributed by atoms with E-state index in [1.165, 1.54) is 6.92 Å². The Balaban J connectivity index is 3.33. The van der Waals surface area contributed by atoms with Crippen molar-refractivity contribution in [2.45, 2.75) is 52.9 Å². The van der Waals surface area contributed by atoms with Crippen LogP contribution in [0.4, 0.5) is 13.2 Å². The van der Waals surface area contributed by atoms with E-state index >= 15 is 0 Å². The Morgan fingerprint density at radius 3 is 2.21 bits per heavy atom. The van der Waals surface area contributed by atoms with E-state index in [1.54, 1.807) is 27.7 Å². The number of alkyl halides is 3. The summed E-state index contributed by atoms with van der Waals surface area (Å²) in [7, 11) is 0. The maximum absolute atomic E-state index is 12.9. The number of aryl methyl sites for hydroxylation is 1. The van der Waals surface area contributed by atoms with Crippen molar-refractivity contribution in [1.29, 1.82) is 0 Å². The molecule has 0 radical (unpaired) electrons. The highest BCUT2D eigenvalue weighted by molar-refractivity contribution is 5.92. The number of rotatable bonds is 2. The third-order valence-electron chi connectivity index (χ3n) is 2.38. The summed E-state index contributed by atoms with van der Waals surface area (Å²) in [5, 5.41) is 3.44. The first kappa shape index (κ1) is 15.5. The largest absolute Gasteiger partial charge is 0.456 e. The Bertz CT molecular complexity index is 484. The van der Waals surface area contributed by atoms with Crippen LogP contribution in [-0.4, -0.2) is 21.4 Å². The molecule has 0 aromatic carbocycles. The Morgan fingerprint density at radius 1 is 1.32 bits per heavy atom. The normalized spacial score (nSPS) is 12.6. The van der Waals surface area contributed by atoms with Gasteiger partial charge < -0.3 is 4.74 Å². The van der Waals surface area contributed by atoms with Crippen molar-refractivity contribution in [3.05, 3.63) is 17.0 Å².